The van der Waals surface area contributed by atoms with Crippen molar-refractivity contribution in [2.75, 3.05) is 36.0 Å². The number of hydrogen-bond donors (Lipinski definition) is 1. The van der Waals surface area contributed by atoms with Gasteiger partial charge < -0.3 is 15.5 Å². The molecule has 0 radical (unpaired) electrons. The van der Waals surface area contributed by atoms with Crippen LogP contribution in [0.15, 0.2) is 12.4 Å². The average Bonchev–Trinajstić information content (AvgIpc) is 3.10. The summed E-state index contributed by atoms with van der Waals surface area (Å²) in [7, 11) is 0. The number of nitrogens with two attached hydrogens (primary N) is 1. The summed E-state index contributed by atoms with van der Waals surface area (Å²) in [6.45, 7) is 2.45. The molecule has 2 fully saturated rings. The normalized spacial score (nSPS) is 22.1. The fourth-order valence-electron chi connectivity index (χ4n) is 3.25. The predicted octanol–water partition coefficient (Wildman–Crippen LogP) is 2.72. The van der Waals surface area contributed by atoms with E-state index in [1.54, 1.807) is 6.33 Å². The van der Waals surface area contributed by atoms with Gasteiger partial charge in [0.1, 0.15) is 12.1 Å². The molecule has 28 heavy (non-hydrogen) atoms. The Balaban J connectivity index is 0.00000140. The van der Waals surface area contributed by atoms with Gasteiger partial charge in [-0.05, 0) is 12.8 Å². The minimum absolute atomic E-state index is 0. The van der Waals surface area contributed by atoms with Crippen LogP contribution in [0.2, 0.25) is 0 Å². The molecule has 0 unspecified atom stereocenters. The van der Waals surface area contributed by atoms with Crippen LogP contribution in [0.5, 0.6) is 0 Å². The molecule has 1 aliphatic heterocycles. The molecule has 7 nitrogen and oxygen atoms in total. The Bertz CT molecular complexity index is 777. The topological polar surface area (TPSA) is 84.1 Å². The number of piperazine rings is 1. The lowest BCUT2D eigenvalue weighted by molar-refractivity contribution is -0.138. The molecule has 2 aliphatic rings. The van der Waals surface area contributed by atoms with Gasteiger partial charge in [0.2, 0.25) is 10.1 Å². The largest absolute Gasteiger partial charge is 0.445 e. The molecule has 1 saturated heterocycles. The molecule has 0 spiro atoms. The minimum atomic E-state index is -4.45. The molecule has 3 heterocycles. The molecule has 4 rings (SSSR count). The molecule has 0 atom stereocenters. The van der Waals surface area contributed by atoms with Crippen molar-refractivity contribution >= 4 is 47.1 Å². The molecule has 2 N–H and O–H groups in total. The molecular weight excluding hydrogens is 438 g/mol. The first-order chi connectivity index (χ1) is 12.4. The lowest BCUT2D eigenvalue weighted by atomic mass is 9.78. The van der Waals surface area contributed by atoms with Crippen molar-refractivity contribution in [3.63, 3.8) is 0 Å². The van der Waals surface area contributed by atoms with E-state index in [1.807, 2.05) is 11.0 Å². The number of hydrogen-bond acceptors (Lipinski definition) is 8. The zero-order chi connectivity index (χ0) is 18.3. The number of nitrogens with zero attached hydrogens (tertiary/aromatic N) is 6. The Hall–Kier alpha value is -1.43. The summed E-state index contributed by atoms with van der Waals surface area (Å²) in [5.41, 5.74) is 6.86. The van der Waals surface area contributed by atoms with Crippen LogP contribution in [0.1, 0.15) is 29.5 Å². The summed E-state index contributed by atoms with van der Waals surface area (Å²) in [4.78, 5) is 12.6. The second-order valence-electron chi connectivity index (χ2n) is 6.59. The summed E-state index contributed by atoms with van der Waals surface area (Å²) in [5, 5.41) is 6.34. The van der Waals surface area contributed by atoms with Gasteiger partial charge in [-0.3, -0.25) is 0 Å². The van der Waals surface area contributed by atoms with E-state index in [0.717, 1.165) is 24.4 Å². The van der Waals surface area contributed by atoms with E-state index < -0.39 is 11.2 Å². The third kappa shape index (κ3) is 4.76. The first-order valence-electron chi connectivity index (χ1n) is 8.38. The van der Waals surface area contributed by atoms with E-state index in [1.165, 1.54) is 0 Å². The van der Waals surface area contributed by atoms with Crippen LogP contribution < -0.4 is 15.5 Å². The first-order valence-corrected chi connectivity index (χ1v) is 9.20. The first kappa shape index (κ1) is 22.9. The van der Waals surface area contributed by atoms with Crippen molar-refractivity contribution < 1.29 is 13.2 Å². The Morgan fingerprint density at radius 3 is 2.21 bits per heavy atom. The standard InChI is InChI=1S/C15H18F3N7S.2ClH/c16-15(17,18)13-22-23-14(26-13)25-3-1-24(2-4-25)12-7-11(20-8-21-12)9-5-10(19)6-9;;/h7-10H,1-6,19H2;2*1H. The molecule has 156 valence electrons. The molecular formula is C15H20Cl2F3N7S. The van der Waals surface area contributed by atoms with E-state index in [9.17, 15) is 13.2 Å². The van der Waals surface area contributed by atoms with Gasteiger partial charge in [-0.2, -0.15) is 13.2 Å². The number of anilines is 2. The van der Waals surface area contributed by atoms with Crippen LogP contribution in [0.4, 0.5) is 24.1 Å². The monoisotopic (exact) mass is 457 g/mol. The van der Waals surface area contributed by atoms with Crippen molar-refractivity contribution in [3.8, 4) is 0 Å². The quantitative estimate of drug-likeness (QED) is 0.757. The van der Waals surface area contributed by atoms with Crippen molar-refractivity contribution in [1.82, 2.24) is 20.2 Å². The highest BCUT2D eigenvalue weighted by atomic mass is 35.5. The average molecular weight is 458 g/mol. The molecule has 0 amide bonds. The lowest BCUT2D eigenvalue weighted by Crippen LogP contribution is -2.47. The second kappa shape index (κ2) is 8.93. The van der Waals surface area contributed by atoms with E-state index >= 15 is 0 Å². The van der Waals surface area contributed by atoms with E-state index in [2.05, 4.69) is 25.1 Å². The van der Waals surface area contributed by atoms with Gasteiger partial charge in [-0.15, -0.1) is 35.0 Å². The lowest BCUT2D eigenvalue weighted by Gasteiger charge is -2.36. The van der Waals surface area contributed by atoms with Gasteiger partial charge in [0.15, 0.2) is 0 Å². The van der Waals surface area contributed by atoms with Crippen LogP contribution in [0.25, 0.3) is 0 Å². The van der Waals surface area contributed by atoms with Crippen molar-refractivity contribution in [1.29, 1.82) is 0 Å². The van der Waals surface area contributed by atoms with Crippen molar-refractivity contribution in [2.24, 2.45) is 5.73 Å². The van der Waals surface area contributed by atoms with Crippen molar-refractivity contribution in [2.45, 2.75) is 31.0 Å². The molecule has 2 aromatic rings. The Morgan fingerprint density at radius 1 is 1.00 bits per heavy atom. The van der Waals surface area contributed by atoms with Crippen LogP contribution in [0, 0.1) is 0 Å². The van der Waals surface area contributed by atoms with Gasteiger partial charge >= 0.3 is 6.18 Å². The zero-order valence-electron chi connectivity index (χ0n) is 14.7. The molecule has 1 saturated carbocycles. The van der Waals surface area contributed by atoms with Crippen molar-refractivity contribution in [3.05, 3.63) is 23.1 Å². The van der Waals surface area contributed by atoms with Crippen LogP contribution >= 0.6 is 36.2 Å². The minimum Gasteiger partial charge on any atom is -0.353 e. The molecule has 13 heteroatoms. The smallest absolute Gasteiger partial charge is 0.353 e. The van der Waals surface area contributed by atoms with Gasteiger partial charge in [-0.1, -0.05) is 11.3 Å². The zero-order valence-corrected chi connectivity index (χ0v) is 17.1. The Morgan fingerprint density at radius 2 is 1.64 bits per heavy atom. The fourth-order valence-corrected chi connectivity index (χ4v) is 4.01. The van der Waals surface area contributed by atoms with E-state index in [-0.39, 0.29) is 30.9 Å². The van der Waals surface area contributed by atoms with Gasteiger partial charge in [0.25, 0.3) is 0 Å². The maximum absolute atomic E-state index is 12.7. The summed E-state index contributed by atoms with van der Waals surface area (Å²) in [6.07, 6.45) is -0.980. The van der Waals surface area contributed by atoms with Gasteiger partial charge in [0, 0.05) is 49.9 Å². The van der Waals surface area contributed by atoms with E-state index in [0.29, 0.717) is 48.6 Å². The maximum atomic E-state index is 12.7. The van der Waals surface area contributed by atoms with E-state index in [4.69, 9.17) is 5.73 Å². The molecule has 0 bridgehead atoms. The Kier molecular flexibility index (Phi) is 7.29. The fraction of sp³-hybridized carbons (Fsp3) is 0.600. The SMILES string of the molecule is Cl.Cl.NC1CC(c2cc(N3CCN(c4nnc(C(F)(F)F)s4)CC3)ncn2)C1. The molecule has 1 aliphatic carbocycles. The summed E-state index contributed by atoms with van der Waals surface area (Å²) in [6, 6.07) is 2.26. The summed E-state index contributed by atoms with van der Waals surface area (Å²) >= 11 is 0.583. The van der Waals surface area contributed by atoms with Crippen LogP contribution in [0.3, 0.4) is 0 Å². The maximum Gasteiger partial charge on any atom is 0.445 e. The highest BCUT2D eigenvalue weighted by Crippen LogP contribution is 2.36. The number of aromatic nitrogens is 4. The highest BCUT2D eigenvalue weighted by molar-refractivity contribution is 7.15. The molecule has 2 aromatic heterocycles. The Labute approximate surface area is 176 Å². The van der Waals surface area contributed by atoms with Crippen LogP contribution in [-0.2, 0) is 6.18 Å². The third-order valence-electron chi connectivity index (χ3n) is 4.80. The van der Waals surface area contributed by atoms with Gasteiger partial charge in [-0.25, -0.2) is 9.97 Å². The highest BCUT2D eigenvalue weighted by Gasteiger charge is 2.36. The van der Waals surface area contributed by atoms with Gasteiger partial charge in [0.05, 0.1) is 0 Å². The number of rotatable bonds is 3. The number of alkyl halides is 3. The predicted molar refractivity (Wildman–Crippen MR) is 106 cm³/mol. The third-order valence-corrected chi connectivity index (χ3v) is 5.83. The second-order valence-corrected chi connectivity index (χ2v) is 7.55. The number of halogens is 5. The van der Waals surface area contributed by atoms with Crippen LogP contribution in [-0.4, -0.2) is 52.4 Å². The molecule has 0 aromatic carbocycles. The summed E-state index contributed by atoms with van der Waals surface area (Å²) in [5.74, 6) is 1.25. The summed E-state index contributed by atoms with van der Waals surface area (Å²) < 4.78 is 38.0.